The van der Waals surface area contributed by atoms with Gasteiger partial charge in [0.25, 0.3) is 5.91 Å². The average Bonchev–Trinajstić information content (AvgIpc) is 2.55. The molecule has 1 heterocycles. The van der Waals surface area contributed by atoms with Gasteiger partial charge in [0.15, 0.2) is 0 Å². The highest BCUT2D eigenvalue weighted by atomic mass is 35.5. The predicted octanol–water partition coefficient (Wildman–Crippen LogP) is 1.96. The van der Waals surface area contributed by atoms with Crippen LogP contribution in [0.1, 0.15) is 23.2 Å². The fourth-order valence-corrected chi connectivity index (χ4v) is 2.57. The van der Waals surface area contributed by atoms with Crippen LogP contribution in [0.4, 0.5) is 0 Å². The van der Waals surface area contributed by atoms with Gasteiger partial charge >= 0.3 is 0 Å². The number of carbonyl (C=O) groups is 1. The summed E-state index contributed by atoms with van der Waals surface area (Å²) in [6.07, 6.45) is 2.15. The Hall–Kier alpha value is -1.30. The van der Waals surface area contributed by atoms with E-state index in [1.807, 2.05) is 36.2 Å². The van der Waals surface area contributed by atoms with Gasteiger partial charge in [0.2, 0.25) is 0 Å². The average molecular weight is 329 g/mol. The third kappa shape index (κ3) is 4.87. The van der Waals surface area contributed by atoms with E-state index in [1.165, 1.54) is 0 Å². The quantitative estimate of drug-likeness (QED) is 0.811. The molecule has 0 saturated carbocycles. The molecule has 0 bridgehead atoms. The molecule has 124 valence electrons. The predicted molar refractivity (Wildman–Crippen MR) is 89.0 cm³/mol. The summed E-state index contributed by atoms with van der Waals surface area (Å²) >= 11 is 0. The van der Waals surface area contributed by atoms with Crippen molar-refractivity contribution in [2.45, 2.75) is 18.9 Å². The second kappa shape index (κ2) is 9.66. The van der Waals surface area contributed by atoms with Gasteiger partial charge in [0.05, 0.1) is 12.2 Å². The molecule has 1 aromatic carbocycles. The van der Waals surface area contributed by atoms with Crippen molar-refractivity contribution in [3.63, 3.8) is 0 Å². The van der Waals surface area contributed by atoms with E-state index in [-0.39, 0.29) is 18.3 Å². The van der Waals surface area contributed by atoms with Gasteiger partial charge in [-0.3, -0.25) is 4.79 Å². The monoisotopic (exact) mass is 328 g/mol. The number of hydrogen-bond acceptors (Lipinski definition) is 4. The zero-order chi connectivity index (χ0) is 15.1. The van der Waals surface area contributed by atoms with Gasteiger partial charge < -0.3 is 19.7 Å². The lowest BCUT2D eigenvalue weighted by molar-refractivity contribution is 0.0691. The van der Waals surface area contributed by atoms with E-state index in [1.54, 1.807) is 7.11 Å². The van der Waals surface area contributed by atoms with E-state index < -0.39 is 0 Å². The summed E-state index contributed by atoms with van der Waals surface area (Å²) in [5, 5.41) is 3.26. The number of benzene rings is 1. The lowest BCUT2D eigenvalue weighted by atomic mass is 10.0. The summed E-state index contributed by atoms with van der Waals surface area (Å²) in [4.78, 5) is 14.6. The molecule has 22 heavy (non-hydrogen) atoms. The van der Waals surface area contributed by atoms with Crippen LogP contribution in [0, 0.1) is 0 Å². The van der Waals surface area contributed by atoms with Crippen molar-refractivity contribution in [3.05, 3.63) is 29.8 Å². The van der Waals surface area contributed by atoms with E-state index in [4.69, 9.17) is 9.47 Å². The number of rotatable bonds is 6. The molecule has 1 fully saturated rings. The molecule has 0 radical (unpaired) electrons. The summed E-state index contributed by atoms with van der Waals surface area (Å²) in [6.45, 7) is 2.51. The number of para-hydroxylation sites is 1. The first-order chi connectivity index (χ1) is 10.3. The fourth-order valence-electron chi connectivity index (χ4n) is 2.57. The maximum absolute atomic E-state index is 12.7. The molecule has 1 unspecified atom stereocenters. The summed E-state index contributed by atoms with van der Waals surface area (Å²) < 4.78 is 10.6. The smallest absolute Gasteiger partial charge is 0.257 e. The number of halogens is 1. The molecule has 1 aromatic rings. The van der Waals surface area contributed by atoms with Crippen molar-refractivity contribution in [2.75, 3.05) is 40.5 Å². The van der Waals surface area contributed by atoms with E-state index in [0.717, 1.165) is 25.9 Å². The van der Waals surface area contributed by atoms with Crippen LogP contribution in [-0.2, 0) is 4.74 Å². The molecule has 1 aliphatic heterocycles. The maximum Gasteiger partial charge on any atom is 0.257 e. The third-order valence-corrected chi connectivity index (χ3v) is 3.78. The highest BCUT2D eigenvalue weighted by Gasteiger charge is 2.25. The molecule has 5 nitrogen and oxygen atoms in total. The molecular weight excluding hydrogens is 304 g/mol. The van der Waals surface area contributed by atoms with E-state index in [2.05, 4.69) is 5.32 Å². The molecule has 2 rings (SSSR count). The Kier molecular flexibility index (Phi) is 8.24. The first-order valence-electron chi connectivity index (χ1n) is 7.43. The Balaban J connectivity index is 0.00000242. The Morgan fingerprint density at radius 3 is 2.86 bits per heavy atom. The van der Waals surface area contributed by atoms with Crippen LogP contribution in [0.3, 0.4) is 0 Å². The largest absolute Gasteiger partial charge is 0.490 e. The van der Waals surface area contributed by atoms with Crippen LogP contribution in [0.15, 0.2) is 24.3 Å². The molecule has 1 amide bonds. The van der Waals surface area contributed by atoms with Crippen LogP contribution in [-0.4, -0.2) is 57.3 Å². The zero-order valence-electron chi connectivity index (χ0n) is 13.2. The fraction of sp³-hybridized carbons (Fsp3) is 0.562. The molecule has 0 spiro atoms. The van der Waals surface area contributed by atoms with Gasteiger partial charge in [-0.05, 0) is 32.0 Å². The first kappa shape index (κ1) is 18.7. The van der Waals surface area contributed by atoms with Crippen molar-refractivity contribution >= 4 is 18.3 Å². The van der Waals surface area contributed by atoms with Crippen LogP contribution in [0.25, 0.3) is 0 Å². The Morgan fingerprint density at radius 1 is 1.36 bits per heavy atom. The highest BCUT2D eigenvalue weighted by molar-refractivity contribution is 5.97. The molecule has 1 saturated heterocycles. The molecular formula is C16H25ClN2O3. The van der Waals surface area contributed by atoms with Gasteiger partial charge in [-0.1, -0.05) is 12.1 Å². The minimum absolute atomic E-state index is 0. The van der Waals surface area contributed by atoms with E-state index in [9.17, 15) is 4.79 Å². The SMILES string of the molecule is CNC1CCCN(C(=O)c2ccccc2OCCOC)C1.Cl. The highest BCUT2D eigenvalue weighted by Crippen LogP contribution is 2.22. The van der Waals surface area contributed by atoms with Crippen LogP contribution in [0.2, 0.25) is 0 Å². The number of methoxy groups -OCH3 is 1. The van der Waals surface area contributed by atoms with Gasteiger partial charge in [-0.2, -0.15) is 0 Å². The molecule has 1 aliphatic rings. The lowest BCUT2D eigenvalue weighted by Gasteiger charge is -2.33. The normalized spacial score (nSPS) is 17.7. The number of nitrogens with one attached hydrogen (secondary N) is 1. The summed E-state index contributed by atoms with van der Waals surface area (Å²) in [6, 6.07) is 7.79. The number of ether oxygens (including phenoxy) is 2. The molecule has 0 aliphatic carbocycles. The minimum Gasteiger partial charge on any atom is -0.490 e. The maximum atomic E-state index is 12.7. The lowest BCUT2D eigenvalue weighted by Crippen LogP contribution is -2.47. The van der Waals surface area contributed by atoms with Crippen molar-refractivity contribution in [1.29, 1.82) is 0 Å². The summed E-state index contributed by atoms with van der Waals surface area (Å²) in [5.41, 5.74) is 0.630. The van der Waals surface area contributed by atoms with Gasteiger partial charge in [0, 0.05) is 26.2 Å². The number of likely N-dealkylation sites (tertiary alicyclic amines) is 1. The first-order valence-corrected chi connectivity index (χ1v) is 7.43. The van der Waals surface area contributed by atoms with Gasteiger partial charge in [-0.15, -0.1) is 12.4 Å². The van der Waals surface area contributed by atoms with Crippen LogP contribution < -0.4 is 10.1 Å². The van der Waals surface area contributed by atoms with Crippen LogP contribution >= 0.6 is 12.4 Å². The van der Waals surface area contributed by atoms with Crippen molar-refractivity contribution in [3.8, 4) is 5.75 Å². The molecule has 0 aromatic heterocycles. The minimum atomic E-state index is 0. The topological polar surface area (TPSA) is 50.8 Å². The number of likely N-dealkylation sites (N-methyl/N-ethyl adjacent to an activating group) is 1. The number of carbonyl (C=O) groups excluding carboxylic acids is 1. The summed E-state index contributed by atoms with van der Waals surface area (Å²) in [7, 11) is 3.58. The molecule has 1 N–H and O–H groups in total. The van der Waals surface area contributed by atoms with Gasteiger partial charge in [-0.25, -0.2) is 0 Å². The van der Waals surface area contributed by atoms with E-state index >= 15 is 0 Å². The third-order valence-electron chi connectivity index (χ3n) is 3.78. The standard InChI is InChI=1S/C16H24N2O3.ClH/c1-17-13-6-5-9-18(12-13)16(19)14-7-3-4-8-15(14)21-11-10-20-2;/h3-4,7-8,13,17H,5-6,9-12H2,1-2H3;1H. The van der Waals surface area contributed by atoms with Crippen LogP contribution in [0.5, 0.6) is 5.75 Å². The Labute approximate surface area is 138 Å². The molecule has 6 heteroatoms. The Bertz CT molecular complexity index is 470. The number of piperidine rings is 1. The van der Waals surface area contributed by atoms with Crippen molar-refractivity contribution in [2.24, 2.45) is 0 Å². The van der Waals surface area contributed by atoms with Gasteiger partial charge in [0.1, 0.15) is 12.4 Å². The number of hydrogen-bond donors (Lipinski definition) is 1. The molecule has 1 atom stereocenters. The second-order valence-corrected chi connectivity index (χ2v) is 5.22. The van der Waals surface area contributed by atoms with E-state index in [0.29, 0.717) is 30.6 Å². The second-order valence-electron chi connectivity index (χ2n) is 5.22. The van der Waals surface area contributed by atoms with Crippen molar-refractivity contribution in [1.82, 2.24) is 10.2 Å². The zero-order valence-corrected chi connectivity index (χ0v) is 14.0. The summed E-state index contributed by atoms with van der Waals surface area (Å²) in [5.74, 6) is 0.675. The number of nitrogens with zero attached hydrogens (tertiary/aromatic N) is 1. The number of amides is 1. The Morgan fingerprint density at radius 2 is 2.14 bits per heavy atom. The van der Waals surface area contributed by atoms with Crippen molar-refractivity contribution < 1.29 is 14.3 Å².